The Morgan fingerprint density at radius 3 is 2.86 bits per heavy atom. The topological polar surface area (TPSA) is 52.6 Å². The van der Waals surface area contributed by atoms with Gasteiger partial charge in [0, 0.05) is 19.6 Å². The molecule has 2 atom stereocenters. The Bertz CT molecular complexity index is 436. The lowest BCUT2D eigenvalue weighted by Gasteiger charge is -2.33. The maximum atomic E-state index is 11.9. The summed E-state index contributed by atoms with van der Waals surface area (Å²) in [5, 5.41) is 12.7. The van der Waals surface area contributed by atoms with Gasteiger partial charge in [0.15, 0.2) is 0 Å². The lowest BCUT2D eigenvalue weighted by molar-refractivity contribution is -0.123. The monoisotopic (exact) mass is 290 g/mol. The van der Waals surface area contributed by atoms with E-state index in [9.17, 15) is 9.90 Å². The Hall–Kier alpha value is -1.39. The fraction of sp³-hybridized carbons (Fsp3) is 0.588. The quantitative estimate of drug-likeness (QED) is 0.780. The van der Waals surface area contributed by atoms with Gasteiger partial charge in [-0.2, -0.15) is 0 Å². The van der Waals surface area contributed by atoms with Crippen molar-refractivity contribution in [3.8, 4) is 0 Å². The number of hydrogen-bond acceptors (Lipinski definition) is 3. The second-order valence-corrected chi connectivity index (χ2v) is 6.01. The van der Waals surface area contributed by atoms with E-state index in [1.807, 2.05) is 25.1 Å². The molecule has 1 aromatic carbocycles. The first-order chi connectivity index (χ1) is 10.1. The van der Waals surface area contributed by atoms with Crippen molar-refractivity contribution < 1.29 is 9.90 Å². The van der Waals surface area contributed by atoms with Gasteiger partial charge in [0.05, 0.1) is 12.6 Å². The van der Waals surface area contributed by atoms with E-state index in [2.05, 4.69) is 22.3 Å². The average molecular weight is 290 g/mol. The van der Waals surface area contributed by atoms with Crippen LogP contribution in [-0.4, -0.2) is 48.2 Å². The maximum Gasteiger partial charge on any atom is 0.234 e. The normalized spacial score (nSPS) is 23.0. The van der Waals surface area contributed by atoms with E-state index in [4.69, 9.17) is 0 Å². The minimum Gasteiger partial charge on any atom is -0.393 e. The van der Waals surface area contributed by atoms with Crippen molar-refractivity contribution in [1.29, 1.82) is 0 Å². The second kappa shape index (κ2) is 8.15. The molecule has 2 N–H and O–H groups in total. The molecule has 1 fully saturated rings. The average Bonchev–Trinajstić information content (AvgIpc) is 2.49. The van der Waals surface area contributed by atoms with E-state index >= 15 is 0 Å². The summed E-state index contributed by atoms with van der Waals surface area (Å²) in [5.74, 6) is 0.344. The standard InChI is InChI=1S/C17H26N2O2/c1-14-12-19(11-9-16(14)20)13-17(21)18-10-5-8-15-6-3-2-4-7-15/h2-4,6-7,14,16,20H,5,8-13H2,1H3,(H,18,21). The molecular weight excluding hydrogens is 264 g/mol. The zero-order valence-corrected chi connectivity index (χ0v) is 12.8. The van der Waals surface area contributed by atoms with E-state index in [1.165, 1.54) is 5.56 Å². The van der Waals surface area contributed by atoms with Crippen LogP contribution in [0.2, 0.25) is 0 Å². The first-order valence-electron chi connectivity index (χ1n) is 7.86. The fourth-order valence-corrected chi connectivity index (χ4v) is 2.79. The number of carbonyl (C=O) groups is 1. The SMILES string of the molecule is CC1CN(CC(=O)NCCCc2ccccc2)CCC1O. The van der Waals surface area contributed by atoms with Gasteiger partial charge in [-0.3, -0.25) is 9.69 Å². The zero-order chi connectivity index (χ0) is 15.1. The van der Waals surface area contributed by atoms with E-state index < -0.39 is 0 Å². The Morgan fingerprint density at radius 1 is 1.38 bits per heavy atom. The predicted molar refractivity (Wildman–Crippen MR) is 84.0 cm³/mol. The van der Waals surface area contributed by atoms with Crippen molar-refractivity contribution >= 4 is 5.91 Å². The van der Waals surface area contributed by atoms with E-state index in [0.29, 0.717) is 6.54 Å². The Labute approximate surface area is 127 Å². The van der Waals surface area contributed by atoms with Gasteiger partial charge in [-0.15, -0.1) is 0 Å². The number of aryl methyl sites for hydroxylation is 1. The first-order valence-corrected chi connectivity index (χ1v) is 7.86. The van der Waals surface area contributed by atoms with Crippen molar-refractivity contribution in [3.63, 3.8) is 0 Å². The van der Waals surface area contributed by atoms with E-state index in [1.54, 1.807) is 0 Å². The minimum absolute atomic E-state index is 0.0895. The molecule has 1 aliphatic heterocycles. The van der Waals surface area contributed by atoms with Crippen LogP contribution >= 0.6 is 0 Å². The highest BCUT2D eigenvalue weighted by Gasteiger charge is 2.24. The summed E-state index contributed by atoms with van der Waals surface area (Å²) in [6.45, 7) is 4.82. The van der Waals surface area contributed by atoms with Crippen LogP contribution in [0.3, 0.4) is 0 Å². The van der Waals surface area contributed by atoms with Crippen molar-refractivity contribution in [2.75, 3.05) is 26.2 Å². The smallest absolute Gasteiger partial charge is 0.234 e. The number of aliphatic hydroxyl groups excluding tert-OH is 1. The number of nitrogens with one attached hydrogen (secondary N) is 1. The summed E-state index contributed by atoms with van der Waals surface area (Å²) >= 11 is 0. The summed E-state index contributed by atoms with van der Waals surface area (Å²) in [7, 11) is 0. The number of amides is 1. The lowest BCUT2D eigenvalue weighted by atomic mass is 9.97. The Kier molecular flexibility index (Phi) is 6.21. The molecule has 0 radical (unpaired) electrons. The van der Waals surface area contributed by atoms with Gasteiger partial charge in [0.25, 0.3) is 0 Å². The number of nitrogens with zero attached hydrogens (tertiary/aromatic N) is 1. The predicted octanol–water partition coefficient (Wildman–Crippen LogP) is 1.44. The van der Waals surface area contributed by atoms with E-state index in [0.717, 1.165) is 38.9 Å². The van der Waals surface area contributed by atoms with Crippen molar-refractivity contribution in [2.24, 2.45) is 5.92 Å². The van der Waals surface area contributed by atoms with Gasteiger partial charge in [-0.1, -0.05) is 37.3 Å². The third kappa shape index (κ3) is 5.48. The molecule has 0 saturated carbocycles. The van der Waals surface area contributed by atoms with Gasteiger partial charge < -0.3 is 10.4 Å². The van der Waals surface area contributed by atoms with Crippen LogP contribution in [-0.2, 0) is 11.2 Å². The molecule has 4 nitrogen and oxygen atoms in total. The molecule has 0 spiro atoms. The van der Waals surface area contributed by atoms with Crippen LogP contribution in [0.4, 0.5) is 0 Å². The maximum absolute atomic E-state index is 11.9. The summed E-state index contributed by atoms with van der Waals surface area (Å²) in [6, 6.07) is 10.3. The number of aliphatic hydroxyl groups is 1. The first kappa shape index (κ1) is 16.0. The Morgan fingerprint density at radius 2 is 2.14 bits per heavy atom. The summed E-state index contributed by atoms with van der Waals surface area (Å²) in [5.41, 5.74) is 1.31. The highest BCUT2D eigenvalue weighted by Crippen LogP contribution is 2.15. The van der Waals surface area contributed by atoms with Crippen molar-refractivity contribution in [2.45, 2.75) is 32.3 Å². The largest absolute Gasteiger partial charge is 0.393 e. The van der Waals surface area contributed by atoms with Gasteiger partial charge in [0.1, 0.15) is 0 Å². The third-order valence-corrected chi connectivity index (χ3v) is 4.12. The van der Waals surface area contributed by atoms with Gasteiger partial charge in [-0.25, -0.2) is 0 Å². The molecule has 1 amide bonds. The number of rotatable bonds is 6. The number of piperidine rings is 1. The van der Waals surface area contributed by atoms with Crippen LogP contribution in [0.15, 0.2) is 30.3 Å². The second-order valence-electron chi connectivity index (χ2n) is 6.01. The molecule has 2 rings (SSSR count). The molecule has 1 saturated heterocycles. The summed E-state index contributed by atoms with van der Waals surface area (Å²) in [6.07, 6.45) is 2.51. The fourth-order valence-electron chi connectivity index (χ4n) is 2.79. The summed E-state index contributed by atoms with van der Waals surface area (Å²) in [4.78, 5) is 14.0. The van der Waals surface area contributed by atoms with Crippen LogP contribution < -0.4 is 5.32 Å². The zero-order valence-electron chi connectivity index (χ0n) is 12.8. The number of benzene rings is 1. The van der Waals surface area contributed by atoms with Gasteiger partial charge in [0.2, 0.25) is 5.91 Å². The van der Waals surface area contributed by atoms with E-state index in [-0.39, 0.29) is 17.9 Å². The molecule has 0 bridgehead atoms. The molecule has 21 heavy (non-hydrogen) atoms. The molecule has 1 aliphatic rings. The van der Waals surface area contributed by atoms with Crippen LogP contribution in [0, 0.1) is 5.92 Å². The molecule has 0 aliphatic carbocycles. The van der Waals surface area contributed by atoms with Gasteiger partial charge >= 0.3 is 0 Å². The summed E-state index contributed by atoms with van der Waals surface area (Å²) < 4.78 is 0. The van der Waals surface area contributed by atoms with Crippen LogP contribution in [0.1, 0.15) is 25.3 Å². The van der Waals surface area contributed by atoms with Crippen LogP contribution in [0.25, 0.3) is 0 Å². The minimum atomic E-state index is -0.213. The molecule has 0 aromatic heterocycles. The van der Waals surface area contributed by atoms with Gasteiger partial charge in [-0.05, 0) is 30.7 Å². The van der Waals surface area contributed by atoms with Crippen molar-refractivity contribution in [3.05, 3.63) is 35.9 Å². The third-order valence-electron chi connectivity index (χ3n) is 4.12. The lowest BCUT2D eigenvalue weighted by Crippen LogP contribution is -2.46. The molecular formula is C17H26N2O2. The van der Waals surface area contributed by atoms with Crippen LogP contribution in [0.5, 0.6) is 0 Å². The molecule has 1 heterocycles. The molecule has 1 aromatic rings. The molecule has 4 heteroatoms. The molecule has 2 unspecified atom stereocenters. The number of carbonyl (C=O) groups excluding carboxylic acids is 1. The van der Waals surface area contributed by atoms with Crippen molar-refractivity contribution in [1.82, 2.24) is 10.2 Å². The number of hydrogen-bond donors (Lipinski definition) is 2. The highest BCUT2D eigenvalue weighted by molar-refractivity contribution is 5.77. The molecule has 116 valence electrons. The number of likely N-dealkylation sites (tertiary alicyclic amines) is 1. The Balaban J connectivity index is 1.59. The highest BCUT2D eigenvalue weighted by atomic mass is 16.3.